The van der Waals surface area contributed by atoms with Crippen molar-refractivity contribution in [3.05, 3.63) is 54.4 Å². The molecule has 0 radical (unpaired) electrons. The van der Waals surface area contributed by atoms with Crippen LogP contribution < -0.4 is 14.2 Å². The Hall–Kier alpha value is -3.78. The van der Waals surface area contributed by atoms with Crippen LogP contribution in [0.4, 0.5) is 0 Å². The maximum Gasteiger partial charge on any atom is 0.222 e. The molecule has 1 aliphatic heterocycles. The van der Waals surface area contributed by atoms with E-state index in [4.69, 9.17) is 18.9 Å². The Morgan fingerprint density at radius 1 is 1.13 bits per heavy atom. The average molecular weight is 532 g/mol. The Bertz CT molecular complexity index is 1450. The molecule has 1 amide bonds. The van der Waals surface area contributed by atoms with Crippen LogP contribution in [0.1, 0.15) is 38.3 Å². The third kappa shape index (κ3) is 5.96. The topological polar surface area (TPSA) is 85.9 Å². The number of nitrogens with zero attached hydrogens (tertiary/aromatic N) is 2. The molecule has 0 spiro atoms. The zero-order chi connectivity index (χ0) is 27.4. The monoisotopic (exact) mass is 531 g/mol. The molecule has 1 fully saturated rings. The molecule has 2 aromatic carbocycles. The average Bonchev–Trinajstić information content (AvgIpc) is 3.29. The summed E-state index contributed by atoms with van der Waals surface area (Å²) in [4.78, 5) is 22.3. The Balaban J connectivity index is 1.20. The standard InChI is InChI=1S/C31H37N3O5/c1-5-31(19-37-20-31)11-13-34(3)30(35)7-6-14-38-29-18-26-24(17-28(29)36-4)27(10-12-32-26)39-23-8-9-25-22(16-23)15-21(2)33-25/h8-10,12,15-18,33H,5-7,11,13-14,19-20H2,1-4H3. The molecule has 2 aromatic heterocycles. The number of ether oxygens (including phenoxy) is 4. The second-order valence-electron chi connectivity index (χ2n) is 10.5. The quantitative estimate of drug-likeness (QED) is 0.217. The van der Waals surface area contributed by atoms with Crippen LogP contribution in [0.25, 0.3) is 21.8 Å². The number of amides is 1. The number of aromatic nitrogens is 2. The minimum absolute atomic E-state index is 0.131. The number of carbonyl (C=O) groups excluding carboxylic acids is 1. The molecule has 0 unspecified atom stereocenters. The minimum atomic E-state index is 0.131. The number of benzene rings is 2. The number of pyridine rings is 1. The van der Waals surface area contributed by atoms with Crippen LogP contribution in [-0.4, -0.2) is 61.3 Å². The summed E-state index contributed by atoms with van der Waals surface area (Å²) in [7, 11) is 3.49. The van der Waals surface area contributed by atoms with Crippen molar-refractivity contribution >= 4 is 27.7 Å². The molecule has 0 bridgehead atoms. The van der Waals surface area contributed by atoms with E-state index >= 15 is 0 Å². The predicted octanol–water partition coefficient (Wildman–Crippen LogP) is 6.26. The van der Waals surface area contributed by atoms with Crippen LogP contribution >= 0.6 is 0 Å². The summed E-state index contributed by atoms with van der Waals surface area (Å²) >= 11 is 0. The van der Waals surface area contributed by atoms with Crippen LogP contribution in [0.5, 0.6) is 23.0 Å². The number of aromatic amines is 1. The van der Waals surface area contributed by atoms with Crippen LogP contribution in [0.2, 0.25) is 0 Å². The highest BCUT2D eigenvalue weighted by Crippen LogP contribution is 2.38. The Labute approximate surface area is 229 Å². The number of fused-ring (bicyclic) bond motifs is 2. The molecule has 5 rings (SSSR count). The van der Waals surface area contributed by atoms with Gasteiger partial charge in [0.25, 0.3) is 0 Å². The van der Waals surface area contributed by atoms with Crippen LogP contribution in [0, 0.1) is 12.3 Å². The molecule has 0 atom stereocenters. The number of hydrogen-bond acceptors (Lipinski definition) is 6. The molecule has 8 nitrogen and oxygen atoms in total. The van der Waals surface area contributed by atoms with Crippen molar-refractivity contribution in [3.63, 3.8) is 0 Å². The van der Waals surface area contributed by atoms with E-state index in [-0.39, 0.29) is 11.3 Å². The number of H-pyrrole nitrogens is 1. The Kier molecular flexibility index (Phi) is 7.93. The number of aryl methyl sites for hydroxylation is 1. The van der Waals surface area contributed by atoms with Gasteiger partial charge in [-0.15, -0.1) is 0 Å². The summed E-state index contributed by atoms with van der Waals surface area (Å²) < 4.78 is 23.3. The van der Waals surface area contributed by atoms with Gasteiger partial charge >= 0.3 is 0 Å². The summed E-state index contributed by atoms with van der Waals surface area (Å²) in [6.45, 7) is 6.99. The first-order chi connectivity index (χ1) is 18.9. The number of nitrogens with one attached hydrogen (secondary N) is 1. The van der Waals surface area contributed by atoms with Crippen molar-refractivity contribution in [2.45, 2.75) is 39.5 Å². The van der Waals surface area contributed by atoms with Gasteiger partial charge in [-0.25, -0.2) is 0 Å². The van der Waals surface area contributed by atoms with Crippen molar-refractivity contribution in [2.75, 3.05) is 40.5 Å². The highest BCUT2D eigenvalue weighted by Gasteiger charge is 2.36. The number of carbonyl (C=O) groups is 1. The van der Waals surface area contributed by atoms with Crippen LogP contribution in [0.3, 0.4) is 0 Å². The highest BCUT2D eigenvalue weighted by molar-refractivity contribution is 5.89. The Morgan fingerprint density at radius 2 is 1.97 bits per heavy atom. The van der Waals surface area contributed by atoms with Gasteiger partial charge in [0.1, 0.15) is 11.5 Å². The fraction of sp³-hybridized carbons (Fsp3) is 0.419. The molecule has 1 saturated heterocycles. The fourth-order valence-corrected chi connectivity index (χ4v) is 4.98. The van der Waals surface area contributed by atoms with E-state index < -0.39 is 0 Å². The van der Waals surface area contributed by atoms with E-state index in [1.807, 2.05) is 55.3 Å². The van der Waals surface area contributed by atoms with Gasteiger partial charge in [-0.05, 0) is 62.6 Å². The summed E-state index contributed by atoms with van der Waals surface area (Å²) in [5, 5.41) is 1.92. The van der Waals surface area contributed by atoms with Crippen LogP contribution in [-0.2, 0) is 9.53 Å². The third-order valence-corrected chi connectivity index (χ3v) is 7.70. The van der Waals surface area contributed by atoms with E-state index in [1.54, 1.807) is 13.3 Å². The van der Waals surface area contributed by atoms with Crippen LogP contribution in [0.15, 0.2) is 48.7 Å². The molecule has 0 saturated carbocycles. The molecule has 3 heterocycles. The van der Waals surface area contributed by atoms with Gasteiger partial charge in [-0.1, -0.05) is 6.92 Å². The largest absolute Gasteiger partial charge is 0.493 e. The van der Waals surface area contributed by atoms with Crippen molar-refractivity contribution < 1.29 is 23.7 Å². The van der Waals surface area contributed by atoms with Gasteiger partial charge in [0.2, 0.25) is 5.91 Å². The second kappa shape index (κ2) is 11.5. The lowest BCUT2D eigenvalue weighted by molar-refractivity contribution is -0.136. The number of rotatable bonds is 12. The zero-order valence-corrected chi connectivity index (χ0v) is 23.2. The van der Waals surface area contributed by atoms with Crippen molar-refractivity contribution in [2.24, 2.45) is 5.41 Å². The van der Waals surface area contributed by atoms with Crippen molar-refractivity contribution in [3.8, 4) is 23.0 Å². The molecule has 39 heavy (non-hydrogen) atoms. The molecular weight excluding hydrogens is 494 g/mol. The summed E-state index contributed by atoms with van der Waals surface area (Å²) in [5.41, 5.74) is 3.17. The predicted molar refractivity (Wildman–Crippen MR) is 152 cm³/mol. The molecule has 1 N–H and O–H groups in total. The first kappa shape index (κ1) is 26.8. The number of methoxy groups -OCH3 is 1. The van der Waals surface area contributed by atoms with E-state index in [2.05, 4.69) is 23.0 Å². The van der Waals surface area contributed by atoms with Gasteiger partial charge in [-0.3, -0.25) is 9.78 Å². The summed E-state index contributed by atoms with van der Waals surface area (Å²) in [6, 6.07) is 13.7. The molecule has 0 aliphatic carbocycles. The number of hydrogen-bond donors (Lipinski definition) is 1. The van der Waals surface area contributed by atoms with E-state index in [9.17, 15) is 4.79 Å². The van der Waals surface area contributed by atoms with Gasteiger partial charge in [-0.2, -0.15) is 0 Å². The van der Waals surface area contributed by atoms with Gasteiger partial charge in [0, 0.05) is 59.7 Å². The lowest BCUT2D eigenvalue weighted by Crippen LogP contribution is -2.44. The van der Waals surface area contributed by atoms with E-state index in [0.29, 0.717) is 36.7 Å². The molecular formula is C31H37N3O5. The summed E-state index contributed by atoms with van der Waals surface area (Å²) in [6.07, 6.45) is 4.84. The molecule has 1 aliphatic rings. The molecule has 8 heteroatoms. The van der Waals surface area contributed by atoms with E-state index in [1.165, 1.54) is 0 Å². The lowest BCUT2D eigenvalue weighted by atomic mass is 9.80. The maximum atomic E-state index is 12.6. The Morgan fingerprint density at radius 3 is 2.72 bits per heavy atom. The normalized spacial score (nSPS) is 14.3. The smallest absolute Gasteiger partial charge is 0.222 e. The lowest BCUT2D eigenvalue weighted by Gasteiger charge is -2.41. The van der Waals surface area contributed by atoms with Crippen molar-refractivity contribution in [1.29, 1.82) is 0 Å². The maximum absolute atomic E-state index is 12.6. The zero-order valence-electron chi connectivity index (χ0n) is 23.2. The third-order valence-electron chi connectivity index (χ3n) is 7.70. The molecule has 4 aromatic rings. The highest BCUT2D eigenvalue weighted by atomic mass is 16.5. The first-order valence-electron chi connectivity index (χ1n) is 13.6. The molecule has 206 valence electrons. The minimum Gasteiger partial charge on any atom is -0.493 e. The SMILES string of the molecule is CCC1(CCN(C)C(=O)CCCOc2cc3nccc(Oc4ccc5[nH]c(C)cc5c4)c3cc2OC)COC1. The van der Waals surface area contributed by atoms with Gasteiger partial charge < -0.3 is 28.8 Å². The second-order valence-corrected chi connectivity index (χ2v) is 10.5. The van der Waals surface area contributed by atoms with Gasteiger partial charge in [0.15, 0.2) is 11.5 Å². The first-order valence-corrected chi connectivity index (χ1v) is 13.6. The fourth-order valence-electron chi connectivity index (χ4n) is 4.98. The van der Waals surface area contributed by atoms with Crippen molar-refractivity contribution in [1.82, 2.24) is 14.9 Å². The van der Waals surface area contributed by atoms with E-state index in [0.717, 1.165) is 65.8 Å². The van der Waals surface area contributed by atoms with Gasteiger partial charge in [0.05, 0.1) is 32.4 Å². The summed E-state index contributed by atoms with van der Waals surface area (Å²) in [5.74, 6) is 2.74.